The maximum atomic E-state index is 13.2. The molecule has 3 fully saturated rings. The molecule has 0 aliphatic carbocycles. The Balaban J connectivity index is 1.14. The van der Waals surface area contributed by atoms with Gasteiger partial charge in [-0.05, 0) is 49.2 Å². The smallest absolute Gasteiger partial charge is 0.251 e. The van der Waals surface area contributed by atoms with Crippen LogP contribution in [-0.4, -0.2) is 73.0 Å². The van der Waals surface area contributed by atoms with Gasteiger partial charge in [-0.3, -0.25) is 19.4 Å². The molecule has 7 heteroatoms. The first-order valence-corrected chi connectivity index (χ1v) is 11.5. The van der Waals surface area contributed by atoms with E-state index in [1.165, 1.54) is 17.0 Å². The zero-order chi connectivity index (χ0) is 22.1. The lowest BCUT2D eigenvalue weighted by Crippen LogP contribution is -2.55. The summed E-state index contributed by atoms with van der Waals surface area (Å²) in [5.74, 6) is -0.397. The molecule has 6 nitrogen and oxygen atoms in total. The van der Waals surface area contributed by atoms with Crippen LogP contribution in [0.25, 0.3) is 0 Å². The van der Waals surface area contributed by atoms with Crippen molar-refractivity contribution in [2.45, 2.75) is 31.3 Å². The molecular formula is C25H29FN4O2. The Morgan fingerprint density at radius 1 is 0.719 bits per heavy atom. The van der Waals surface area contributed by atoms with Crippen LogP contribution in [0.1, 0.15) is 19.3 Å². The van der Waals surface area contributed by atoms with E-state index in [0.717, 1.165) is 57.8 Å². The number of benzene rings is 2. The summed E-state index contributed by atoms with van der Waals surface area (Å²) >= 11 is 0. The minimum Gasteiger partial charge on any atom is -0.369 e. The quantitative estimate of drug-likeness (QED) is 0.690. The highest BCUT2D eigenvalue weighted by molar-refractivity contribution is 6.22. The van der Waals surface area contributed by atoms with Crippen LogP contribution < -0.4 is 9.80 Å². The van der Waals surface area contributed by atoms with Crippen LogP contribution in [0.4, 0.5) is 15.8 Å². The van der Waals surface area contributed by atoms with Crippen LogP contribution in [0, 0.1) is 5.82 Å². The molecule has 3 aliphatic heterocycles. The molecule has 0 radical (unpaired) electrons. The van der Waals surface area contributed by atoms with Crippen molar-refractivity contribution in [3.63, 3.8) is 0 Å². The molecule has 0 bridgehead atoms. The van der Waals surface area contributed by atoms with E-state index in [4.69, 9.17) is 0 Å². The minimum absolute atomic E-state index is 0.0902. The van der Waals surface area contributed by atoms with E-state index in [0.29, 0.717) is 11.7 Å². The summed E-state index contributed by atoms with van der Waals surface area (Å²) in [6, 6.07) is 16.1. The van der Waals surface area contributed by atoms with Crippen molar-refractivity contribution in [3.8, 4) is 0 Å². The fourth-order valence-electron chi connectivity index (χ4n) is 5.31. The molecule has 3 aliphatic rings. The second-order valence-corrected chi connectivity index (χ2v) is 8.89. The Bertz CT molecular complexity index is 952. The van der Waals surface area contributed by atoms with Crippen molar-refractivity contribution in [1.82, 2.24) is 9.80 Å². The Morgan fingerprint density at radius 3 is 2.03 bits per heavy atom. The van der Waals surface area contributed by atoms with Gasteiger partial charge in [0, 0.05) is 51.0 Å². The lowest BCUT2D eigenvalue weighted by molar-refractivity contribution is -0.123. The topological polar surface area (TPSA) is 47.1 Å². The highest BCUT2D eigenvalue weighted by atomic mass is 19.1. The first-order valence-electron chi connectivity index (χ1n) is 11.5. The number of piperidine rings is 1. The highest BCUT2D eigenvalue weighted by Crippen LogP contribution is 2.29. The average Bonchev–Trinajstić information content (AvgIpc) is 3.14. The second-order valence-electron chi connectivity index (χ2n) is 8.89. The molecule has 0 aromatic heterocycles. The number of para-hydroxylation sites is 1. The van der Waals surface area contributed by atoms with Crippen molar-refractivity contribution in [1.29, 1.82) is 0 Å². The number of rotatable bonds is 4. The van der Waals surface area contributed by atoms with Crippen LogP contribution in [0.3, 0.4) is 0 Å². The minimum atomic E-state index is -0.334. The van der Waals surface area contributed by atoms with E-state index in [-0.39, 0.29) is 30.1 Å². The molecule has 5 rings (SSSR count). The number of nitrogens with zero attached hydrogens (tertiary/aromatic N) is 4. The molecule has 0 N–H and O–H groups in total. The zero-order valence-electron chi connectivity index (χ0n) is 18.2. The molecule has 2 aromatic rings. The van der Waals surface area contributed by atoms with E-state index in [1.807, 2.05) is 42.5 Å². The standard InChI is InChI=1S/C25H29FN4O2/c26-19-6-8-20(9-7-19)27-14-16-28(17-15-27)21-10-12-29(13-11-21)23-18-24(31)30(25(23)32)22-4-2-1-3-5-22/h1-9,21,23H,10-18H2/t23-/m0/s1. The van der Waals surface area contributed by atoms with Gasteiger partial charge in [0.15, 0.2) is 0 Å². The van der Waals surface area contributed by atoms with Crippen LogP contribution in [0.5, 0.6) is 0 Å². The number of amides is 2. The monoisotopic (exact) mass is 436 g/mol. The zero-order valence-corrected chi connectivity index (χ0v) is 18.2. The van der Waals surface area contributed by atoms with Crippen LogP contribution >= 0.6 is 0 Å². The molecule has 3 heterocycles. The van der Waals surface area contributed by atoms with Crippen LogP contribution in [0.15, 0.2) is 54.6 Å². The van der Waals surface area contributed by atoms with Gasteiger partial charge in [0.2, 0.25) is 5.91 Å². The van der Waals surface area contributed by atoms with Gasteiger partial charge in [-0.2, -0.15) is 0 Å². The molecule has 2 aromatic carbocycles. The number of anilines is 2. The maximum Gasteiger partial charge on any atom is 0.251 e. The number of carbonyl (C=O) groups excluding carboxylic acids is 2. The predicted molar refractivity (Wildman–Crippen MR) is 122 cm³/mol. The number of imide groups is 1. The first-order chi connectivity index (χ1) is 15.6. The molecule has 0 saturated carbocycles. The van der Waals surface area contributed by atoms with Gasteiger partial charge in [0.25, 0.3) is 5.91 Å². The summed E-state index contributed by atoms with van der Waals surface area (Å²) < 4.78 is 13.2. The van der Waals surface area contributed by atoms with Crippen LogP contribution in [0.2, 0.25) is 0 Å². The summed E-state index contributed by atoms with van der Waals surface area (Å²) in [4.78, 5) is 34.0. The van der Waals surface area contributed by atoms with Crippen LogP contribution in [-0.2, 0) is 9.59 Å². The third-order valence-corrected chi connectivity index (χ3v) is 7.10. The molecule has 0 unspecified atom stereocenters. The molecular weight excluding hydrogens is 407 g/mol. The molecule has 32 heavy (non-hydrogen) atoms. The van der Waals surface area contributed by atoms with E-state index < -0.39 is 0 Å². The first kappa shape index (κ1) is 21.1. The molecule has 3 saturated heterocycles. The summed E-state index contributed by atoms with van der Waals surface area (Å²) in [5.41, 5.74) is 1.74. The van der Waals surface area contributed by atoms with Gasteiger partial charge in [-0.1, -0.05) is 18.2 Å². The van der Waals surface area contributed by atoms with Gasteiger partial charge in [0.05, 0.1) is 18.2 Å². The predicted octanol–water partition coefficient (Wildman–Crippen LogP) is 2.74. The fraction of sp³-hybridized carbons (Fsp3) is 0.440. The Labute approximate surface area is 188 Å². The second kappa shape index (κ2) is 9.00. The third-order valence-electron chi connectivity index (χ3n) is 7.10. The molecule has 1 atom stereocenters. The van der Waals surface area contributed by atoms with E-state index in [9.17, 15) is 14.0 Å². The summed E-state index contributed by atoms with van der Waals surface area (Å²) in [5, 5.41) is 0. The highest BCUT2D eigenvalue weighted by Gasteiger charge is 2.43. The number of halogens is 1. The summed E-state index contributed by atoms with van der Waals surface area (Å²) in [6.07, 6.45) is 2.30. The Morgan fingerprint density at radius 2 is 1.38 bits per heavy atom. The average molecular weight is 437 g/mol. The van der Waals surface area contributed by atoms with Gasteiger partial charge in [0.1, 0.15) is 5.82 Å². The molecule has 168 valence electrons. The van der Waals surface area contributed by atoms with Gasteiger partial charge < -0.3 is 4.90 Å². The number of piperazine rings is 1. The number of hydrogen-bond acceptors (Lipinski definition) is 5. The molecule has 2 amide bonds. The van der Waals surface area contributed by atoms with E-state index in [1.54, 1.807) is 0 Å². The molecule has 0 spiro atoms. The fourth-order valence-corrected chi connectivity index (χ4v) is 5.31. The van der Waals surface area contributed by atoms with Gasteiger partial charge in [-0.15, -0.1) is 0 Å². The van der Waals surface area contributed by atoms with Crippen molar-refractivity contribution < 1.29 is 14.0 Å². The summed E-state index contributed by atoms with van der Waals surface area (Å²) in [6.45, 7) is 5.54. The third kappa shape index (κ3) is 4.14. The lowest BCUT2D eigenvalue weighted by Gasteiger charge is -2.44. The Kier molecular flexibility index (Phi) is 5.93. The SMILES string of the molecule is O=C1C[C@H](N2CCC(N3CCN(c4ccc(F)cc4)CC3)CC2)C(=O)N1c1ccccc1. The number of likely N-dealkylation sites (tertiary alicyclic amines) is 1. The van der Waals surface area contributed by atoms with Crippen molar-refractivity contribution in [2.75, 3.05) is 49.1 Å². The maximum absolute atomic E-state index is 13.2. The van der Waals surface area contributed by atoms with Crippen molar-refractivity contribution >= 4 is 23.2 Å². The summed E-state index contributed by atoms with van der Waals surface area (Å²) in [7, 11) is 0. The number of carbonyl (C=O) groups is 2. The Hall–Kier alpha value is -2.77. The van der Waals surface area contributed by atoms with Crippen molar-refractivity contribution in [3.05, 3.63) is 60.4 Å². The largest absolute Gasteiger partial charge is 0.369 e. The lowest BCUT2D eigenvalue weighted by atomic mass is 10.00. The van der Waals surface area contributed by atoms with Crippen molar-refractivity contribution in [2.24, 2.45) is 0 Å². The van der Waals surface area contributed by atoms with Gasteiger partial charge >= 0.3 is 0 Å². The van der Waals surface area contributed by atoms with E-state index >= 15 is 0 Å². The van der Waals surface area contributed by atoms with E-state index in [2.05, 4.69) is 14.7 Å². The normalized spacial score (nSPS) is 23.8. The van der Waals surface area contributed by atoms with Gasteiger partial charge in [-0.25, -0.2) is 9.29 Å². The number of hydrogen-bond donors (Lipinski definition) is 0.